The quantitative estimate of drug-likeness (QED) is 0.0182. The lowest BCUT2D eigenvalue weighted by Crippen LogP contribution is -2.41. The highest BCUT2D eigenvalue weighted by atomic mass is 35.5. The number of carbonyl (C=O) groups is 3. The van der Waals surface area contributed by atoms with Gasteiger partial charge in [0.05, 0.1) is 25.7 Å². The molecule has 12 rings (SSSR count). The van der Waals surface area contributed by atoms with Crippen LogP contribution < -0.4 is 11.1 Å². The van der Waals surface area contributed by atoms with E-state index in [0.29, 0.717) is 92.5 Å². The minimum atomic E-state index is -1.12. The molecule has 0 amide bonds. The monoisotopic (exact) mass is 1800 g/mol. The summed E-state index contributed by atoms with van der Waals surface area (Å²) in [7, 11) is 4.51. The van der Waals surface area contributed by atoms with Crippen LogP contribution in [-0.2, 0) is 102 Å². The van der Waals surface area contributed by atoms with Crippen molar-refractivity contribution in [1.82, 2.24) is 59.6 Å². The molecule has 6 aromatic heterocycles. The Labute approximate surface area is 767 Å². The smallest absolute Gasteiger partial charge is 0.329 e. The summed E-state index contributed by atoms with van der Waals surface area (Å²) in [6.07, 6.45) is 25.7. The van der Waals surface area contributed by atoms with Crippen molar-refractivity contribution in [2.24, 2.45) is 11.7 Å². The largest absolute Gasteiger partial charge is 0.481 e. The van der Waals surface area contributed by atoms with Gasteiger partial charge < -0.3 is 54.5 Å². The summed E-state index contributed by atoms with van der Waals surface area (Å²) in [4.78, 5) is 84.6. The number of carbonyl (C=O) groups excluding carboxylic acids is 2. The zero-order valence-corrected chi connectivity index (χ0v) is 78.1. The van der Waals surface area contributed by atoms with Gasteiger partial charge in [-0.3, -0.25) is 24.5 Å². The minimum Gasteiger partial charge on any atom is -0.481 e. The Kier molecular flexibility index (Phi) is 44.4. The molecule has 3 aliphatic rings. The van der Waals surface area contributed by atoms with E-state index >= 15 is 0 Å². The van der Waals surface area contributed by atoms with Crippen LogP contribution in [0.15, 0.2) is 164 Å². The number of unbranched alkanes of at least 4 members (excludes halogenated alkanes) is 3. The number of methoxy groups -OCH3 is 3. The topological polar surface area (TPSA) is 281 Å². The molecule has 3 aromatic carbocycles. The number of nitrogens with two attached hydrogens (primary N) is 1. The zero-order chi connectivity index (χ0) is 92.2. The van der Waals surface area contributed by atoms with Crippen LogP contribution in [0.1, 0.15) is 194 Å². The number of halogens is 4. The molecule has 0 unspecified atom stereocenters. The van der Waals surface area contributed by atoms with Gasteiger partial charge in [0.1, 0.15) is 52.8 Å². The number of rotatable bonds is 46. The van der Waals surface area contributed by atoms with Crippen molar-refractivity contribution in [2.45, 2.75) is 244 Å². The summed E-state index contributed by atoms with van der Waals surface area (Å²) in [5.41, 5.74) is 19.6. The Morgan fingerprint density at radius 1 is 0.434 bits per heavy atom. The molecule has 9 aromatic rings. The highest BCUT2D eigenvalue weighted by molar-refractivity contribution is 6.29. The molecule has 0 fully saturated rings. The molecule has 698 valence electrons. The molecule has 0 saturated heterocycles. The lowest BCUT2D eigenvalue weighted by Gasteiger charge is -2.28. The molecule has 0 radical (unpaired) electrons. The van der Waals surface area contributed by atoms with E-state index in [1.165, 1.54) is 93.6 Å². The number of nitrogens with one attached hydrogen (secondary N) is 1. The average Bonchev–Trinajstić information content (AvgIpc) is 0.851. The van der Waals surface area contributed by atoms with Crippen LogP contribution in [0.3, 0.4) is 0 Å². The fourth-order valence-corrected chi connectivity index (χ4v) is 16.1. The first-order chi connectivity index (χ1) is 62.2. The number of nitrogens with zero attached hydrogens (tertiary/aromatic N) is 12. The number of hydrogen-bond donors (Lipinski definition) is 3. The van der Waals surface area contributed by atoms with Crippen LogP contribution in [0, 0.1) is 5.92 Å². The summed E-state index contributed by atoms with van der Waals surface area (Å²) < 4.78 is 69.6. The molecule has 27 heteroatoms. The van der Waals surface area contributed by atoms with Crippen LogP contribution in [0.4, 0.5) is 19.0 Å². The third-order valence-corrected chi connectivity index (χ3v) is 22.7. The normalized spacial score (nSPS) is 14.5. The second-order valence-electron chi connectivity index (χ2n) is 35.7. The van der Waals surface area contributed by atoms with Crippen LogP contribution in [0.25, 0.3) is 34.2 Å². The van der Waals surface area contributed by atoms with E-state index in [1.807, 2.05) is 142 Å². The molecule has 6 atom stereocenters. The highest BCUT2D eigenvalue weighted by Crippen LogP contribution is 2.27. The molecular formula is C102H138ClF3N14O9. The molecule has 0 bridgehead atoms. The Balaban J connectivity index is 0.000000205. The van der Waals surface area contributed by atoms with E-state index in [9.17, 15) is 32.7 Å². The third kappa shape index (κ3) is 38.8. The van der Waals surface area contributed by atoms with Gasteiger partial charge in [0.15, 0.2) is 17.5 Å². The van der Waals surface area contributed by atoms with E-state index < -0.39 is 59.7 Å². The summed E-state index contributed by atoms with van der Waals surface area (Å²) in [6, 6.07) is 46.0. The highest BCUT2D eigenvalue weighted by Gasteiger charge is 2.30. The van der Waals surface area contributed by atoms with Gasteiger partial charge in [-0.1, -0.05) is 121 Å². The maximum atomic E-state index is 14.7. The van der Waals surface area contributed by atoms with E-state index in [4.69, 9.17) is 56.0 Å². The van der Waals surface area contributed by atoms with Gasteiger partial charge in [-0.2, -0.15) is 0 Å². The van der Waals surface area contributed by atoms with Crippen LogP contribution in [0.5, 0.6) is 0 Å². The van der Waals surface area contributed by atoms with Crippen molar-refractivity contribution in [1.29, 1.82) is 0 Å². The number of ether oxygens (including phenoxy) is 5. The Bertz CT molecular complexity index is 4770. The van der Waals surface area contributed by atoms with Gasteiger partial charge in [0.2, 0.25) is 0 Å². The van der Waals surface area contributed by atoms with E-state index in [1.54, 1.807) is 36.8 Å². The fourth-order valence-electron chi connectivity index (χ4n) is 15.9. The molecule has 129 heavy (non-hydrogen) atoms. The first kappa shape index (κ1) is 103. The molecule has 23 nitrogen and oxygen atoms in total. The number of aliphatic carboxylic acids is 1. The molecule has 0 aliphatic heterocycles. The van der Waals surface area contributed by atoms with Gasteiger partial charge in [-0.05, 0) is 275 Å². The number of esters is 2. The number of benzene rings is 3. The summed E-state index contributed by atoms with van der Waals surface area (Å²) in [6.45, 7) is 15.6. The number of aryl methyl sites for hydroxylation is 9. The number of aromatic nitrogens is 9. The fraction of sp³-hybridized carbons (Fsp3) is 0.529. The van der Waals surface area contributed by atoms with Gasteiger partial charge in [0, 0.05) is 136 Å². The molecule has 0 saturated carbocycles. The maximum Gasteiger partial charge on any atom is 0.329 e. The van der Waals surface area contributed by atoms with Crippen molar-refractivity contribution in [3.05, 3.63) is 226 Å². The first-order valence-electron chi connectivity index (χ1n) is 46.2. The van der Waals surface area contributed by atoms with Crippen molar-refractivity contribution in [2.75, 3.05) is 105 Å². The average molecular weight is 1800 g/mol. The predicted octanol–water partition coefficient (Wildman–Crippen LogP) is 18.0. The Morgan fingerprint density at radius 2 is 0.806 bits per heavy atom. The minimum absolute atomic E-state index is 0.0289. The van der Waals surface area contributed by atoms with Gasteiger partial charge in [-0.15, -0.1) is 0 Å². The van der Waals surface area contributed by atoms with Crippen molar-refractivity contribution in [3.63, 3.8) is 0 Å². The van der Waals surface area contributed by atoms with Gasteiger partial charge >= 0.3 is 17.9 Å². The van der Waals surface area contributed by atoms with Crippen LogP contribution in [-0.4, -0.2) is 224 Å². The van der Waals surface area contributed by atoms with Crippen LogP contribution >= 0.6 is 11.6 Å². The lowest BCUT2D eigenvalue weighted by molar-refractivity contribution is -0.157. The second-order valence-corrected chi connectivity index (χ2v) is 36.1. The SMILES string of the molecule is COC[C@@H](F)CN(CCCCc1ccc2c(n1)CCCC2)CC[C@H](Cc1ccnc(-c2ccccc2)n1)C(=O)O.COC[C@@H](F)CN(CCCCc1ccc2c(n1)CCCC2)CC[C@H](N)C(=O)OC(C)(C)C.COC[C@@H](F)CN(CCCCc1ccc2c(n1)CCCC2)CC[C@H](Nc1ccnc(-c2ccccc2)n1)C(=O)OC(C)(C)C.Clc1ccnc(-c2ccccc2)n1. The Morgan fingerprint density at radius 3 is 1.21 bits per heavy atom. The van der Waals surface area contributed by atoms with Crippen LogP contribution in [0.2, 0.25) is 5.15 Å². The van der Waals surface area contributed by atoms with Crippen molar-refractivity contribution < 1.29 is 56.3 Å². The summed E-state index contributed by atoms with van der Waals surface area (Å²) in [5.74, 6) is 0.0579. The van der Waals surface area contributed by atoms with E-state index in [-0.39, 0.29) is 45.4 Å². The summed E-state index contributed by atoms with van der Waals surface area (Å²) >= 11 is 5.74. The van der Waals surface area contributed by atoms with Crippen molar-refractivity contribution >= 4 is 35.3 Å². The number of alkyl halides is 3. The lowest BCUT2D eigenvalue weighted by atomic mass is 9.95. The summed E-state index contributed by atoms with van der Waals surface area (Å²) in [5, 5.41) is 13.7. The molecule has 6 heterocycles. The number of pyridine rings is 3. The zero-order valence-electron chi connectivity index (χ0n) is 77.4. The van der Waals surface area contributed by atoms with Crippen molar-refractivity contribution in [3.8, 4) is 34.2 Å². The van der Waals surface area contributed by atoms with Gasteiger partial charge in [0.25, 0.3) is 0 Å². The maximum absolute atomic E-state index is 14.7. The Hall–Kier alpha value is -9.64. The standard InChI is InChI=1S/C35H48FN5O3.C32H41FN4O3.C25H42FN3O3.C10H7ClN2/c1-35(2,3)44-34(42)31(39-32-19-21-37-33(40-32)27-13-6-5-7-14-27)20-23-41(24-28(36)25-43-4)22-11-10-15-29-18-17-26-12-8-9-16-30(26)38-29;1-40-23-27(33)22-37(19-8-7-12-28-15-14-24-9-5-6-13-30(24)35-28)20-17-26(32(38)39)21-29-16-18-34-31(36-29)25-10-3-2-4-11-25;1-25(2,3)32-24(30)22(27)14-16-29(17-20(26)18-31-4)15-8-7-10-21-13-12-19-9-5-6-11-23(19)28-21;11-9-6-7-12-10(13-9)8-4-2-1-3-5-8/h5-7,13-14,17-19,21,28,31H,8-12,15-16,20,22-25H2,1-4H3,(H,37,39,40);2-4,10-11,14-16,18,26-27H,5-9,12-13,17,19-23H2,1H3,(H,38,39);12-13,20,22H,5-11,14-18,27H2,1-4H3;1-7H/t28-,31-;26-,27+;20-,22-;/m010./s1. The number of carboxylic acids is 1. The van der Waals surface area contributed by atoms with E-state index in [0.717, 1.165) is 137 Å². The number of anilines is 1. The predicted molar refractivity (Wildman–Crippen MR) is 504 cm³/mol. The molecular weight excluding hydrogens is 1660 g/mol. The number of fused-ring (bicyclic) bond motifs is 3. The third-order valence-electron chi connectivity index (χ3n) is 22.5. The first-order valence-corrected chi connectivity index (χ1v) is 46.6. The van der Waals surface area contributed by atoms with E-state index in [2.05, 4.69) is 76.5 Å². The van der Waals surface area contributed by atoms with Gasteiger partial charge in [-0.25, -0.2) is 47.9 Å². The molecule has 0 spiro atoms. The second kappa shape index (κ2) is 55.5. The number of hydrogen-bond acceptors (Lipinski definition) is 22. The number of carboxylic acid groups (broad SMARTS) is 1. The molecule has 3 aliphatic carbocycles. The molecule has 4 N–H and O–H groups in total.